The van der Waals surface area contributed by atoms with E-state index in [2.05, 4.69) is 15.4 Å². The first-order valence-electron chi connectivity index (χ1n) is 14.0. The number of carbonyl (C=O) groups is 2. The molecule has 5 N–H and O–H groups in total. The molecule has 1 aliphatic heterocycles. The van der Waals surface area contributed by atoms with Crippen molar-refractivity contribution in [2.45, 2.75) is 26.3 Å². The van der Waals surface area contributed by atoms with Crippen molar-refractivity contribution in [3.8, 4) is 27.9 Å². The maximum absolute atomic E-state index is 13.4. The Morgan fingerprint density at radius 2 is 1.70 bits per heavy atom. The minimum Gasteiger partial charge on any atom is -0.399 e. The summed E-state index contributed by atoms with van der Waals surface area (Å²) in [6.45, 7) is 4.96. The van der Waals surface area contributed by atoms with Crippen molar-refractivity contribution in [1.29, 1.82) is 0 Å². The first-order chi connectivity index (χ1) is 20.7. The maximum atomic E-state index is 13.4. The lowest BCUT2D eigenvalue weighted by molar-refractivity contribution is 0.0783. The number of likely N-dealkylation sites (tertiary alicyclic amines) is 1. The highest BCUT2D eigenvalue weighted by molar-refractivity contribution is 6.00. The number of aromatic nitrogens is 5. The zero-order chi connectivity index (χ0) is 30.2. The monoisotopic (exact) mass is 575 g/mol. The van der Waals surface area contributed by atoms with Crippen LogP contribution < -0.4 is 16.8 Å². The fraction of sp³-hybridized carbons (Fsp3) is 0.219. The Morgan fingerprint density at radius 1 is 0.953 bits per heavy atom. The van der Waals surface area contributed by atoms with Crippen LogP contribution in [0.2, 0.25) is 0 Å². The third-order valence-corrected chi connectivity index (χ3v) is 7.86. The number of nitrogens with zero attached hydrogens (tertiary/aromatic N) is 6. The molecule has 1 atom stereocenters. The van der Waals surface area contributed by atoms with E-state index in [0.29, 0.717) is 36.3 Å². The summed E-state index contributed by atoms with van der Waals surface area (Å²) in [5.74, 6) is -0.237. The van der Waals surface area contributed by atoms with Crippen LogP contribution in [0.4, 0.5) is 11.5 Å². The molecule has 3 aromatic heterocycles. The smallest absolute Gasteiger partial charge is 0.255 e. The number of rotatable bonds is 6. The van der Waals surface area contributed by atoms with Gasteiger partial charge in [-0.15, -0.1) is 0 Å². The van der Waals surface area contributed by atoms with E-state index in [4.69, 9.17) is 16.6 Å². The average molecular weight is 576 g/mol. The molecule has 0 spiro atoms. The normalized spacial score (nSPS) is 14.7. The van der Waals surface area contributed by atoms with Crippen molar-refractivity contribution < 1.29 is 9.59 Å². The van der Waals surface area contributed by atoms with Crippen molar-refractivity contribution in [3.63, 3.8) is 0 Å². The Hall–Kier alpha value is -5.45. The molecule has 5 aromatic rings. The van der Waals surface area contributed by atoms with Gasteiger partial charge in [0, 0.05) is 72.2 Å². The number of nitrogens with one attached hydrogen (secondary N) is 1. The van der Waals surface area contributed by atoms with Gasteiger partial charge in [-0.2, -0.15) is 10.2 Å². The lowest BCUT2D eigenvalue weighted by Gasteiger charge is -2.18. The minimum absolute atomic E-state index is 0.0749. The fourth-order valence-electron chi connectivity index (χ4n) is 5.60. The van der Waals surface area contributed by atoms with Gasteiger partial charge in [0.15, 0.2) is 0 Å². The molecular weight excluding hydrogens is 542 g/mol. The molecule has 0 unspecified atom stereocenters. The van der Waals surface area contributed by atoms with Crippen molar-refractivity contribution in [2.75, 3.05) is 24.6 Å². The largest absolute Gasteiger partial charge is 0.399 e. The number of carbonyl (C=O) groups excluding carboxylic acids is 2. The molecule has 43 heavy (non-hydrogen) atoms. The molecule has 6 rings (SSSR count). The van der Waals surface area contributed by atoms with E-state index in [1.54, 1.807) is 28.0 Å². The van der Waals surface area contributed by atoms with E-state index in [-0.39, 0.29) is 23.7 Å². The van der Waals surface area contributed by atoms with E-state index < -0.39 is 0 Å². The highest BCUT2D eigenvalue weighted by Gasteiger charge is 2.29. The van der Waals surface area contributed by atoms with Gasteiger partial charge in [-0.3, -0.25) is 14.3 Å². The summed E-state index contributed by atoms with van der Waals surface area (Å²) in [7, 11) is 1.82. The number of anilines is 2. The second-order valence-electron chi connectivity index (χ2n) is 10.9. The van der Waals surface area contributed by atoms with Crippen molar-refractivity contribution in [3.05, 3.63) is 95.7 Å². The lowest BCUT2D eigenvalue weighted by Crippen LogP contribution is -2.38. The second-order valence-corrected chi connectivity index (χ2v) is 10.9. The molecule has 1 saturated heterocycles. The first-order valence-corrected chi connectivity index (χ1v) is 14.0. The van der Waals surface area contributed by atoms with Gasteiger partial charge in [-0.25, -0.2) is 9.67 Å². The van der Waals surface area contributed by atoms with Crippen LogP contribution in [0.5, 0.6) is 0 Å². The Morgan fingerprint density at radius 3 is 2.40 bits per heavy atom. The highest BCUT2D eigenvalue weighted by atomic mass is 16.2. The SMILES string of the molecule is Cc1nn(-c2ccc(N)cc2)c(C)c1-c1ccc(C(=O)N2CC[C@@H](NC(=O)c3cc(-c4cnn(C)c4)cnc3N)C2)cc1. The summed E-state index contributed by atoms with van der Waals surface area (Å²) < 4.78 is 3.59. The summed E-state index contributed by atoms with van der Waals surface area (Å²) >= 11 is 0. The number of benzene rings is 2. The van der Waals surface area contributed by atoms with Crippen LogP contribution in [-0.2, 0) is 7.05 Å². The van der Waals surface area contributed by atoms with Crippen LogP contribution in [0.15, 0.2) is 73.2 Å². The molecule has 218 valence electrons. The summed E-state index contributed by atoms with van der Waals surface area (Å²) in [5, 5.41) is 11.9. The standard InChI is InChI=1S/C32H33N9O2/c1-19-29(20(2)41(38-19)27-10-8-25(33)9-11-27)21-4-6-22(7-5-21)32(43)40-13-12-26(18-40)37-31(42)28-14-23(15-35-30(28)34)24-16-36-39(3)17-24/h4-11,14-17,26H,12-13,18,33H2,1-3H3,(H2,34,35)(H,37,42)/t26-/m1/s1. The Balaban J connectivity index is 1.12. The number of nitrogen functional groups attached to an aromatic ring is 2. The molecular formula is C32H33N9O2. The zero-order valence-corrected chi connectivity index (χ0v) is 24.3. The molecule has 1 aliphatic rings. The van der Waals surface area contributed by atoms with E-state index >= 15 is 0 Å². The van der Waals surface area contributed by atoms with Crippen molar-refractivity contribution >= 4 is 23.3 Å². The van der Waals surface area contributed by atoms with Crippen LogP contribution in [0.25, 0.3) is 27.9 Å². The van der Waals surface area contributed by atoms with Crippen LogP contribution in [0.3, 0.4) is 0 Å². The van der Waals surface area contributed by atoms with E-state index in [1.165, 1.54) is 0 Å². The quantitative estimate of drug-likeness (QED) is 0.261. The first kappa shape index (κ1) is 27.7. The molecule has 2 aromatic carbocycles. The van der Waals surface area contributed by atoms with Gasteiger partial charge in [0.05, 0.1) is 23.1 Å². The zero-order valence-electron chi connectivity index (χ0n) is 24.3. The number of amides is 2. The number of pyridine rings is 1. The number of hydrogen-bond donors (Lipinski definition) is 3. The fourth-order valence-corrected chi connectivity index (χ4v) is 5.60. The van der Waals surface area contributed by atoms with Gasteiger partial charge in [0.1, 0.15) is 5.82 Å². The van der Waals surface area contributed by atoms with Crippen molar-refractivity contribution in [2.24, 2.45) is 7.05 Å². The molecule has 0 saturated carbocycles. The van der Waals surface area contributed by atoms with E-state index in [0.717, 1.165) is 39.3 Å². The number of aryl methyl sites for hydroxylation is 2. The summed E-state index contributed by atoms with van der Waals surface area (Å²) in [4.78, 5) is 32.5. The molecule has 1 fully saturated rings. The molecule has 0 radical (unpaired) electrons. The molecule has 0 aliphatic carbocycles. The average Bonchev–Trinajstić information content (AvgIpc) is 3.72. The molecule has 4 heterocycles. The minimum atomic E-state index is -0.315. The third-order valence-electron chi connectivity index (χ3n) is 7.86. The maximum Gasteiger partial charge on any atom is 0.255 e. The van der Waals surface area contributed by atoms with Gasteiger partial charge < -0.3 is 21.7 Å². The summed E-state index contributed by atoms with van der Waals surface area (Å²) in [5.41, 5.74) is 19.9. The predicted octanol–water partition coefficient (Wildman–Crippen LogP) is 3.76. The van der Waals surface area contributed by atoms with Crippen LogP contribution in [0.1, 0.15) is 38.5 Å². The third kappa shape index (κ3) is 5.44. The van der Waals surface area contributed by atoms with Gasteiger partial charge in [-0.05, 0) is 68.3 Å². The Bertz CT molecular complexity index is 1820. The molecule has 2 amide bonds. The van der Waals surface area contributed by atoms with E-state index in [9.17, 15) is 9.59 Å². The molecule has 11 heteroatoms. The van der Waals surface area contributed by atoms with Crippen molar-refractivity contribution in [1.82, 2.24) is 34.8 Å². The topological polar surface area (TPSA) is 150 Å². The highest BCUT2D eigenvalue weighted by Crippen LogP contribution is 2.30. The van der Waals surface area contributed by atoms with Gasteiger partial charge in [0.2, 0.25) is 0 Å². The van der Waals surface area contributed by atoms with Crippen LogP contribution in [0, 0.1) is 13.8 Å². The Kier molecular flexibility index (Phi) is 7.14. The van der Waals surface area contributed by atoms with E-state index in [1.807, 2.05) is 80.3 Å². The van der Waals surface area contributed by atoms with Crippen LogP contribution in [-0.4, -0.2) is 60.4 Å². The Labute approximate surface area is 249 Å². The summed E-state index contributed by atoms with van der Waals surface area (Å²) in [6, 6.07) is 16.7. The molecule has 11 nitrogen and oxygen atoms in total. The number of hydrogen-bond acceptors (Lipinski definition) is 7. The van der Waals surface area contributed by atoms with Gasteiger partial charge >= 0.3 is 0 Å². The molecule has 0 bridgehead atoms. The van der Waals surface area contributed by atoms with Gasteiger partial charge in [0.25, 0.3) is 11.8 Å². The summed E-state index contributed by atoms with van der Waals surface area (Å²) in [6.07, 6.45) is 5.82. The van der Waals surface area contributed by atoms with Crippen LogP contribution >= 0.6 is 0 Å². The van der Waals surface area contributed by atoms with Gasteiger partial charge in [-0.1, -0.05) is 12.1 Å². The lowest BCUT2D eigenvalue weighted by atomic mass is 10.0. The predicted molar refractivity (Wildman–Crippen MR) is 166 cm³/mol. The number of nitrogens with two attached hydrogens (primary N) is 2. The second kappa shape index (κ2) is 11.1.